The van der Waals surface area contributed by atoms with Crippen molar-refractivity contribution in [3.63, 3.8) is 0 Å². The van der Waals surface area contributed by atoms with Gasteiger partial charge in [-0.15, -0.1) is 0 Å². The van der Waals surface area contributed by atoms with Crippen LogP contribution in [0.5, 0.6) is 5.88 Å². The van der Waals surface area contributed by atoms with Crippen LogP contribution in [0.4, 0.5) is 0 Å². The fraction of sp³-hybridized carbons (Fsp3) is 0.353. The molecule has 0 amide bonds. The van der Waals surface area contributed by atoms with Gasteiger partial charge in [-0.3, -0.25) is 18.9 Å². The molecular weight excluding hydrogens is 294 g/mol. The molecule has 2 rings (SSSR count). The molecule has 0 saturated heterocycles. The van der Waals surface area contributed by atoms with Gasteiger partial charge < -0.3 is 5.11 Å². The predicted octanol–water partition coefficient (Wildman–Crippen LogP) is 1.75. The summed E-state index contributed by atoms with van der Waals surface area (Å²) in [7, 11) is 2.82. The molecule has 122 valence electrons. The fourth-order valence-corrected chi connectivity index (χ4v) is 2.46. The first kappa shape index (κ1) is 16.7. The molecule has 0 aliphatic heterocycles. The van der Waals surface area contributed by atoms with Crippen LogP contribution >= 0.6 is 0 Å². The molecule has 1 atom stereocenters. The number of hydrogen-bond acceptors (Lipinski definition) is 4. The second kappa shape index (κ2) is 6.64. The summed E-state index contributed by atoms with van der Waals surface area (Å²) in [6.45, 7) is 3.79. The van der Waals surface area contributed by atoms with Crippen LogP contribution in [0.1, 0.15) is 37.4 Å². The summed E-state index contributed by atoms with van der Waals surface area (Å²) in [6, 6.07) is 9.54. The van der Waals surface area contributed by atoms with Gasteiger partial charge in [0.05, 0.1) is 11.8 Å². The maximum absolute atomic E-state index is 12.4. The summed E-state index contributed by atoms with van der Waals surface area (Å²) in [5, 5.41) is 10.2. The lowest BCUT2D eigenvalue weighted by atomic mass is 10.1. The van der Waals surface area contributed by atoms with E-state index in [1.807, 2.05) is 44.2 Å². The Labute approximate surface area is 134 Å². The molecule has 1 aromatic carbocycles. The van der Waals surface area contributed by atoms with Gasteiger partial charge in [0.2, 0.25) is 5.88 Å². The van der Waals surface area contributed by atoms with Gasteiger partial charge in [0.25, 0.3) is 5.56 Å². The highest BCUT2D eigenvalue weighted by Crippen LogP contribution is 2.20. The summed E-state index contributed by atoms with van der Waals surface area (Å²) < 4.78 is 2.03. The van der Waals surface area contributed by atoms with Crippen LogP contribution in [0.2, 0.25) is 0 Å². The Kier molecular flexibility index (Phi) is 4.83. The number of aromatic hydroxyl groups is 1. The first-order valence-electron chi connectivity index (χ1n) is 7.49. The lowest BCUT2D eigenvalue weighted by molar-refractivity contribution is 0.410. The Hall–Kier alpha value is -2.63. The topological polar surface area (TPSA) is 76.6 Å². The van der Waals surface area contributed by atoms with Crippen molar-refractivity contribution in [2.45, 2.75) is 26.3 Å². The first-order valence-corrected chi connectivity index (χ1v) is 7.49. The Morgan fingerprint density at radius 2 is 1.78 bits per heavy atom. The van der Waals surface area contributed by atoms with Crippen LogP contribution < -0.4 is 11.2 Å². The third-order valence-corrected chi connectivity index (χ3v) is 3.89. The van der Waals surface area contributed by atoms with Crippen LogP contribution in [-0.4, -0.2) is 20.0 Å². The molecule has 1 heterocycles. The number of benzene rings is 1. The molecular formula is C17H21N3O3. The van der Waals surface area contributed by atoms with Crippen LogP contribution in [0.3, 0.4) is 0 Å². The van der Waals surface area contributed by atoms with E-state index >= 15 is 0 Å². The zero-order valence-corrected chi connectivity index (χ0v) is 13.8. The summed E-state index contributed by atoms with van der Waals surface area (Å²) in [6.07, 6.45) is 0.470. The summed E-state index contributed by atoms with van der Waals surface area (Å²) >= 11 is 0. The highest BCUT2D eigenvalue weighted by molar-refractivity contribution is 6.02. The molecule has 0 aliphatic rings. The molecule has 6 heteroatoms. The highest BCUT2D eigenvalue weighted by Gasteiger charge is 2.19. The number of rotatable bonds is 4. The molecule has 0 fully saturated rings. The largest absolute Gasteiger partial charge is 0.494 e. The van der Waals surface area contributed by atoms with Gasteiger partial charge in [-0.1, -0.05) is 37.3 Å². The maximum Gasteiger partial charge on any atom is 0.333 e. The van der Waals surface area contributed by atoms with Crippen LogP contribution in [0.15, 0.2) is 44.9 Å². The van der Waals surface area contributed by atoms with E-state index in [-0.39, 0.29) is 17.5 Å². The Balaban J connectivity index is 2.61. The van der Waals surface area contributed by atoms with E-state index in [0.717, 1.165) is 14.7 Å². The van der Waals surface area contributed by atoms with E-state index in [0.29, 0.717) is 12.1 Å². The zero-order chi connectivity index (χ0) is 17.1. The Bertz CT molecular complexity index is 848. The van der Waals surface area contributed by atoms with Gasteiger partial charge in [0.15, 0.2) is 0 Å². The molecule has 2 aromatic rings. The van der Waals surface area contributed by atoms with Gasteiger partial charge in [-0.2, -0.15) is 0 Å². The molecule has 0 bridgehead atoms. The van der Waals surface area contributed by atoms with E-state index in [2.05, 4.69) is 4.99 Å². The average molecular weight is 315 g/mol. The Morgan fingerprint density at radius 1 is 1.17 bits per heavy atom. The standard InChI is InChI=1S/C17H21N3O3/c1-5-13(18-11(2)12-9-7-6-8-10-12)14-15(21)19(3)17(23)20(4)16(14)22/h6-11,21H,5H2,1-4H3/t11-/m1/s1. The van der Waals surface area contributed by atoms with E-state index < -0.39 is 11.2 Å². The second-order valence-electron chi connectivity index (χ2n) is 5.42. The maximum atomic E-state index is 12.4. The van der Waals surface area contributed by atoms with Gasteiger partial charge in [-0.25, -0.2) is 4.79 Å². The van der Waals surface area contributed by atoms with E-state index in [4.69, 9.17) is 0 Å². The minimum Gasteiger partial charge on any atom is -0.494 e. The average Bonchev–Trinajstić information content (AvgIpc) is 2.58. The minimum absolute atomic E-state index is 0.0832. The zero-order valence-electron chi connectivity index (χ0n) is 13.8. The molecule has 0 aliphatic carbocycles. The SMILES string of the molecule is CCC(=N[C@H](C)c1ccccc1)c1c(O)n(C)c(=O)n(C)c1=O. The van der Waals surface area contributed by atoms with Crippen molar-refractivity contribution in [2.75, 3.05) is 0 Å². The smallest absolute Gasteiger partial charge is 0.333 e. The molecule has 1 aromatic heterocycles. The molecule has 23 heavy (non-hydrogen) atoms. The molecule has 0 saturated carbocycles. The van der Waals surface area contributed by atoms with Crippen LogP contribution in [0, 0.1) is 0 Å². The normalized spacial score (nSPS) is 13.1. The molecule has 1 N–H and O–H groups in total. The Morgan fingerprint density at radius 3 is 2.35 bits per heavy atom. The second-order valence-corrected chi connectivity index (χ2v) is 5.42. The molecule has 0 spiro atoms. The number of aromatic nitrogens is 2. The lowest BCUT2D eigenvalue weighted by Gasteiger charge is -2.14. The highest BCUT2D eigenvalue weighted by atomic mass is 16.3. The van der Waals surface area contributed by atoms with Gasteiger partial charge in [0, 0.05) is 14.1 Å². The lowest BCUT2D eigenvalue weighted by Crippen LogP contribution is -2.40. The summed E-state index contributed by atoms with van der Waals surface area (Å²) in [5.74, 6) is -0.348. The number of hydrogen-bond donors (Lipinski definition) is 1. The van der Waals surface area contributed by atoms with Crippen molar-refractivity contribution in [1.82, 2.24) is 9.13 Å². The third kappa shape index (κ3) is 3.11. The van der Waals surface area contributed by atoms with E-state index in [9.17, 15) is 14.7 Å². The van der Waals surface area contributed by atoms with E-state index in [1.165, 1.54) is 14.1 Å². The van der Waals surface area contributed by atoms with Gasteiger partial charge >= 0.3 is 5.69 Å². The van der Waals surface area contributed by atoms with Crippen molar-refractivity contribution in [3.05, 3.63) is 62.3 Å². The number of nitrogens with zero attached hydrogens (tertiary/aromatic N) is 3. The first-order chi connectivity index (χ1) is 10.9. The number of aliphatic imine (C=N–C) groups is 1. The summed E-state index contributed by atoms with van der Waals surface area (Å²) in [5.41, 5.74) is 0.476. The van der Waals surface area contributed by atoms with E-state index in [1.54, 1.807) is 0 Å². The fourth-order valence-electron chi connectivity index (χ4n) is 2.46. The molecule has 0 radical (unpaired) electrons. The minimum atomic E-state index is -0.567. The monoisotopic (exact) mass is 315 g/mol. The van der Waals surface area contributed by atoms with Crippen molar-refractivity contribution < 1.29 is 5.11 Å². The summed E-state index contributed by atoms with van der Waals surface area (Å²) in [4.78, 5) is 28.8. The van der Waals surface area contributed by atoms with Crippen LogP contribution in [-0.2, 0) is 14.1 Å². The van der Waals surface area contributed by atoms with Gasteiger partial charge in [0.1, 0.15) is 5.56 Å². The van der Waals surface area contributed by atoms with Crippen molar-refractivity contribution in [3.8, 4) is 5.88 Å². The third-order valence-electron chi connectivity index (χ3n) is 3.89. The van der Waals surface area contributed by atoms with Gasteiger partial charge in [-0.05, 0) is 18.9 Å². The quantitative estimate of drug-likeness (QED) is 0.873. The predicted molar refractivity (Wildman–Crippen MR) is 90.3 cm³/mol. The molecule has 6 nitrogen and oxygen atoms in total. The molecule has 0 unspecified atom stereocenters. The van der Waals surface area contributed by atoms with Crippen molar-refractivity contribution >= 4 is 5.71 Å². The van der Waals surface area contributed by atoms with Crippen molar-refractivity contribution in [2.24, 2.45) is 19.1 Å². The van der Waals surface area contributed by atoms with Crippen molar-refractivity contribution in [1.29, 1.82) is 0 Å². The van der Waals surface area contributed by atoms with Crippen LogP contribution in [0.25, 0.3) is 0 Å².